The molecule has 13 heteroatoms. The first-order valence-electron chi connectivity index (χ1n) is 10.2. The Kier molecular flexibility index (Phi) is 6.94. The van der Waals surface area contributed by atoms with Crippen LogP contribution in [0.2, 0.25) is 5.02 Å². The standard InChI is InChI=1S/C21H21ClF3N5O2S2/c1-26-14-6-7-30(10-14)19-8-13(21(23,24)25)2-4-18(19)28-17-5-3-15(9-16(17)22)34(31,32)29-20-11-33-12-27-20/h2-5,8-9,11-12,14,26,28-29H,6-7,10H2,1H3/t14-/m0/s1. The first-order chi connectivity index (χ1) is 16.1. The molecule has 0 radical (unpaired) electrons. The van der Waals surface area contributed by atoms with E-state index >= 15 is 0 Å². The van der Waals surface area contributed by atoms with Gasteiger partial charge in [0.15, 0.2) is 5.82 Å². The average Bonchev–Trinajstić information content (AvgIpc) is 3.46. The number of nitrogens with one attached hydrogen (secondary N) is 3. The number of anilines is 4. The highest BCUT2D eigenvalue weighted by Crippen LogP contribution is 2.39. The number of rotatable bonds is 7. The van der Waals surface area contributed by atoms with E-state index in [0.29, 0.717) is 30.2 Å². The molecule has 1 aliphatic heterocycles. The third kappa shape index (κ3) is 5.40. The molecule has 2 heterocycles. The number of halogens is 4. The predicted molar refractivity (Wildman–Crippen MR) is 129 cm³/mol. The summed E-state index contributed by atoms with van der Waals surface area (Å²) in [6.45, 7) is 1.15. The number of alkyl halides is 3. The van der Waals surface area contributed by atoms with Crippen molar-refractivity contribution < 1.29 is 21.6 Å². The molecule has 0 amide bonds. The number of benzene rings is 2. The molecular weight excluding hydrogens is 511 g/mol. The van der Waals surface area contributed by atoms with Crippen molar-refractivity contribution in [1.29, 1.82) is 0 Å². The summed E-state index contributed by atoms with van der Waals surface area (Å²) in [4.78, 5) is 5.71. The van der Waals surface area contributed by atoms with Crippen molar-refractivity contribution in [2.75, 3.05) is 35.1 Å². The Hall–Kier alpha value is -2.54. The molecular formula is C21H21ClF3N5O2S2. The van der Waals surface area contributed by atoms with Crippen LogP contribution in [0.4, 0.5) is 36.1 Å². The van der Waals surface area contributed by atoms with Gasteiger partial charge in [-0.3, -0.25) is 4.72 Å². The summed E-state index contributed by atoms with van der Waals surface area (Å²) >= 11 is 7.60. The molecule has 0 saturated carbocycles. The number of sulfonamides is 1. The van der Waals surface area contributed by atoms with E-state index < -0.39 is 21.8 Å². The van der Waals surface area contributed by atoms with Crippen molar-refractivity contribution in [3.05, 3.63) is 57.9 Å². The predicted octanol–water partition coefficient (Wildman–Crippen LogP) is 5.16. The maximum Gasteiger partial charge on any atom is 0.416 e. The summed E-state index contributed by atoms with van der Waals surface area (Å²) in [7, 11) is -2.09. The van der Waals surface area contributed by atoms with Gasteiger partial charge in [-0.25, -0.2) is 13.4 Å². The zero-order chi connectivity index (χ0) is 24.5. The second-order valence-electron chi connectivity index (χ2n) is 7.70. The Morgan fingerprint density at radius 1 is 1.18 bits per heavy atom. The third-order valence-corrected chi connectivity index (χ3v) is 7.71. The quantitative estimate of drug-likeness (QED) is 0.390. The van der Waals surface area contributed by atoms with Crippen LogP contribution < -0.4 is 20.3 Å². The monoisotopic (exact) mass is 531 g/mol. The molecule has 0 spiro atoms. The van der Waals surface area contributed by atoms with Crippen molar-refractivity contribution >= 4 is 55.8 Å². The fourth-order valence-corrected chi connectivity index (χ4v) is 5.54. The van der Waals surface area contributed by atoms with Crippen LogP contribution in [-0.4, -0.2) is 39.6 Å². The van der Waals surface area contributed by atoms with Crippen molar-refractivity contribution in [2.24, 2.45) is 0 Å². The van der Waals surface area contributed by atoms with E-state index in [9.17, 15) is 21.6 Å². The molecule has 1 aliphatic rings. The Balaban J connectivity index is 1.63. The molecule has 0 bridgehead atoms. The molecule has 1 saturated heterocycles. The maximum absolute atomic E-state index is 13.4. The van der Waals surface area contributed by atoms with Crippen LogP contribution >= 0.6 is 22.9 Å². The lowest BCUT2D eigenvalue weighted by atomic mass is 10.1. The van der Waals surface area contributed by atoms with Crippen LogP contribution in [0, 0.1) is 0 Å². The van der Waals surface area contributed by atoms with E-state index in [1.807, 2.05) is 11.9 Å². The first-order valence-corrected chi connectivity index (χ1v) is 13.0. The Bertz CT molecular complexity index is 1270. The lowest BCUT2D eigenvalue weighted by Gasteiger charge is -2.24. The normalized spacial score (nSPS) is 16.6. The van der Waals surface area contributed by atoms with E-state index in [0.717, 1.165) is 18.6 Å². The number of aromatic nitrogens is 1. The van der Waals surface area contributed by atoms with E-state index in [2.05, 4.69) is 20.3 Å². The zero-order valence-corrected chi connectivity index (χ0v) is 20.2. The minimum absolute atomic E-state index is 0.0694. The number of hydrogen-bond donors (Lipinski definition) is 3. The van der Waals surface area contributed by atoms with Crippen LogP contribution in [0.5, 0.6) is 0 Å². The van der Waals surface area contributed by atoms with Crippen LogP contribution in [0.1, 0.15) is 12.0 Å². The number of nitrogens with zero attached hydrogens (tertiary/aromatic N) is 2. The van der Waals surface area contributed by atoms with Crippen molar-refractivity contribution in [2.45, 2.75) is 23.5 Å². The molecule has 0 unspecified atom stereocenters. The topological polar surface area (TPSA) is 86.4 Å². The highest BCUT2D eigenvalue weighted by Gasteiger charge is 2.33. The summed E-state index contributed by atoms with van der Waals surface area (Å²) in [5.41, 5.74) is 1.94. The molecule has 182 valence electrons. The van der Waals surface area contributed by atoms with Gasteiger partial charge in [-0.05, 0) is 49.9 Å². The third-order valence-electron chi connectivity index (χ3n) is 5.45. The minimum Gasteiger partial charge on any atom is -0.368 e. The summed E-state index contributed by atoms with van der Waals surface area (Å²) < 4.78 is 67.7. The van der Waals surface area contributed by atoms with Gasteiger partial charge in [-0.15, -0.1) is 11.3 Å². The van der Waals surface area contributed by atoms with Crippen molar-refractivity contribution in [3.63, 3.8) is 0 Å². The van der Waals surface area contributed by atoms with Gasteiger partial charge in [0, 0.05) is 24.5 Å². The Labute approximate surface area is 204 Å². The second-order valence-corrected chi connectivity index (χ2v) is 10.5. The van der Waals surface area contributed by atoms with Gasteiger partial charge in [0.1, 0.15) is 0 Å². The molecule has 3 aromatic rings. The summed E-state index contributed by atoms with van der Waals surface area (Å²) in [5.74, 6) is 0.197. The highest BCUT2D eigenvalue weighted by molar-refractivity contribution is 7.92. The van der Waals surface area contributed by atoms with E-state index in [1.165, 1.54) is 41.1 Å². The molecule has 3 N–H and O–H groups in total. The fourth-order valence-electron chi connectivity index (χ4n) is 3.66. The Morgan fingerprint density at radius 2 is 1.94 bits per heavy atom. The largest absolute Gasteiger partial charge is 0.416 e. The van der Waals surface area contributed by atoms with Crippen LogP contribution in [0.15, 0.2) is 52.2 Å². The average molecular weight is 532 g/mol. The second kappa shape index (κ2) is 9.61. The van der Waals surface area contributed by atoms with Gasteiger partial charge >= 0.3 is 6.18 Å². The molecule has 1 fully saturated rings. The zero-order valence-electron chi connectivity index (χ0n) is 17.9. The molecule has 1 aromatic heterocycles. The molecule has 4 rings (SSSR count). The molecule has 7 nitrogen and oxygen atoms in total. The van der Waals surface area contributed by atoms with E-state index in [-0.39, 0.29) is 21.8 Å². The molecule has 34 heavy (non-hydrogen) atoms. The van der Waals surface area contributed by atoms with E-state index in [4.69, 9.17) is 11.6 Å². The van der Waals surface area contributed by atoms with Gasteiger partial charge < -0.3 is 15.5 Å². The first kappa shape index (κ1) is 24.6. The molecule has 1 atom stereocenters. The maximum atomic E-state index is 13.4. The van der Waals surface area contributed by atoms with Gasteiger partial charge in [0.25, 0.3) is 10.0 Å². The number of likely N-dealkylation sites (N-methyl/N-ethyl adjacent to an activating group) is 1. The minimum atomic E-state index is -4.48. The highest BCUT2D eigenvalue weighted by atomic mass is 35.5. The van der Waals surface area contributed by atoms with E-state index in [1.54, 1.807) is 5.38 Å². The molecule has 2 aromatic carbocycles. The summed E-state index contributed by atoms with van der Waals surface area (Å²) in [6.07, 6.45) is -3.68. The van der Waals surface area contributed by atoms with Gasteiger partial charge in [0.2, 0.25) is 0 Å². The van der Waals surface area contributed by atoms with Gasteiger partial charge in [0.05, 0.1) is 38.1 Å². The lowest BCUT2D eigenvalue weighted by molar-refractivity contribution is -0.137. The fraction of sp³-hybridized carbons (Fsp3) is 0.286. The Morgan fingerprint density at radius 3 is 2.56 bits per heavy atom. The van der Waals surface area contributed by atoms with Crippen LogP contribution in [0.25, 0.3) is 0 Å². The van der Waals surface area contributed by atoms with Crippen molar-refractivity contribution in [3.8, 4) is 0 Å². The smallest absolute Gasteiger partial charge is 0.368 e. The summed E-state index contributed by atoms with van der Waals surface area (Å²) in [6, 6.07) is 7.75. The van der Waals surface area contributed by atoms with Gasteiger partial charge in [-0.2, -0.15) is 13.2 Å². The molecule has 0 aliphatic carbocycles. The van der Waals surface area contributed by atoms with Crippen LogP contribution in [0.3, 0.4) is 0 Å². The lowest BCUT2D eigenvalue weighted by Crippen LogP contribution is -2.29. The van der Waals surface area contributed by atoms with Crippen molar-refractivity contribution in [1.82, 2.24) is 10.3 Å². The summed E-state index contributed by atoms with van der Waals surface area (Å²) in [5, 5.41) is 7.87. The van der Waals surface area contributed by atoms with Gasteiger partial charge in [-0.1, -0.05) is 11.6 Å². The SMILES string of the molecule is CN[C@H]1CCN(c2cc(C(F)(F)F)ccc2Nc2ccc(S(=O)(=O)Nc3cscn3)cc2Cl)C1. The number of hydrogen-bond acceptors (Lipinski definition) is 7. The number of thiazole rings is 1. The van der Waals surface area contributed by atoms with Crippen LogP contribution in [-0.2, 0) is 16.2 Å².